The summed E-state index contributed by atoms with van der Waals surface area (Å²) < 4.78 is 11.9. The zero-order valence-electron chi connectivity index (χ0n) is 10.2. The Hall–Kier alpha value is -1.82. The smallest absolute Gasteiger partial charge is 0.350 e. The van der Waals surface area contributed by atoms with E-state index in [1.807, 2.05) is 13.0 Å². The predicted octanol–water partition coefficient (Wildman–Crippen LogP) is 2.16. The van der Waals surface area contributed by atoms with Crippen LogP contribution < -0.4 is 4.80 Å². The van der Waals surface area contributed by atoms with Gasteiger partial charge in [0, 0.05) is 5.69 Å². The van der Waals surface area contributed by atoms with Crippen LogP contribution in [0.4, 0.5) is 0 Å². The first-order chi connectivity index (χ1) is 8.63. The first-order valence-corrected chi connectivity index (χ1v) is 6.39. The van der Waals surface area contributed by atoms with Gasteiger partial charge in [-0.15, -0.1) is 0 Å². The average Bonchev–Trinajstić information content (AvgIpc) is 2.93. The zero-order valence-corrected chi connectivity index (χ0v) is 11.0. The molecule has 0 saturated carbocycles. The number of rotatable bonds is 4. The maximum Gasteiger partial charge on any atom is 0.350 e. The van der Waals surface area contributed by atoms with Crippen molar-refractivity contribution in [1.29, 1.82) is 5.41 Å². The van der Waals surface area contributed by atoms with Gasteiger partial charge in [0.1, 0.15) is 10.6 Å². The molecule has 18 heavy (non-hydrogen) atoms. The van der Waals surface area contributed by atoms with Gasteiger partial charge in [-0.25, -0.2) is 4.79 Å². The monoisotopic (exact) mass is 266 g/mol. The van der Waals surface area contributed by atoms with E-state index < -0.39 is 0 Å². The van der Waals surface area contributed by atoms with E-state index in [0.29, 0.717) is 22.8 Å². The molecule has 96 valence electrons. The Morgan fingerprint density at radius 3 is 3.00 bits per heavy atom. The Morgan fingerprint density at radius 1 is 1.61 bits per heavy atom. The highest BCUT2D eigenvalue weighted by molar-refractivity contribution is 7.11. The van der Waals surface area contributed by atoms with E-state index in [9.17, 15) is 4.79 Å². The van der Waals surface area contributed by atoms with Crippen molar-refractivity contribution >= 4 is 17.3 Å². The summed E-state index contributed by atoms with van der Waals surface area (Å²) in [5.41, 5.74) is 0.736. The molecule has 0 aliphatic rings. The highest BCUT2D eigenvalue weighted by Crippen LogP contribution is 2.15. The number of carbonyl (C=O) groups is 1. The van der Waals surface area contributed by atoms with Gasteiger partial charge in [0.15, 0.2) is 4.80 Å². The first-order valence-electron chi connectivity index (χ1n) is 5.57. The van der Waals surface area contributed by atoms with Gasteiger partial charge in [-0.3, -0.25) is 5.41 Å². The molecule has 0 unspecified atom stereocenters. The number of ether oxygens (including phenoxy) is 1. The predicted molar refractivity (Wildman–Crippen MR) is 66.7 cm³/mol. The Kier molecular flexibility index (Phi) is 3.66. The summed E-state index contributed by atoms with van der Waals surface area (Å²) in [6, 6.07) is 3.64. The topological polar surface area (TPSA) is 68.2 Å². The number of furan rings is 1. The molecule has 0 aromatic carbocycles. The summed E-state index contributed by atoms with van der Waals surface area (Å²) in [4.78, 5) is 12.5. The second-order valence-electron chi connectivity index (χ2n) is 3.71. The molecular formula is C12H14N2O3S. The highest BCUT2D eigenvalue weighted by Gasteiger charge is 2.17. The number of esters is 1. The van der Waals surface area contributed by atoms with E-state index in [1.165, 1.54) is 0 Å². The minimum atomic E-state index is -0.369. The molecule has 6 heteroatoms. The lowest BCUT2D eigenvalue weighted by molar-refractivity contribution is 0.0530. The maximum absolute atomic E-state index is 11.7. The Labute approximate surface area is 108 Å². The fourth-order valence-electron chi connectivity index (χ4n) is 1.64. The minimum Gasteiger partial charge on any atom is -0.467 e. The number of nitrogens with one attached hydrogen (secondary N) is 1. The number of hydrogen-bond donors (Lipinski definition) is 1. The molecule has 0 radical (unpaired) electrons. The molecule has 0 aliphatic carbocycles. The summed E-state index contributed by atoms with van der Waals surface area (Å²) in [6.07, 6.45) is 1.59. The van der Waals surface area contributed by atoms with Crippen molar-refractivity contribution in [3.8, 4) is 0 Å². The van der Waals surface area contributed by atoms with E-state index in [4.69, 9.17) is 14.6 Å². The number of carbonyl (C=O) groups excluding carboxylic acids is 1. The van der Waals surface area contributed by atoms with E-state index >= 15 is 0 Å². The molecule has 5 nitrogen and oxygen atoms in total. The molecule has 0 fully saturated rings. The second-order valence-corrected chi connectivity index (χ2v) is 4.71. The molecule has 2 rings (SSSR count). The maximum atomic E-state index is 11.7. The van der Waals surface area contributed by atoms with Crippen molar-refractivity contribution in [2.24, 2.45) is 0 Å². The highest BCUT2D eigenvalue weighted by atomic mass is 32.1. The standard InChI is InChI=1S/C12H14N2O3S/c1-3-16-11(15)10-8(2)14(12(13)18-10)7-9-5-4-6-17-9/h4-6,13H,3,7H2,1-2H3. The summed E-state index contributed by atoms with van der Waals surface area (Å²) in [5, 5.41) is 7.89. The minimum absolute atomic E-state index is 0.312. The number of nitrogens with zero attached hydrogens (tertiary/aromatic N) is 1. The summed E-state index contributed by atoms with van der Waals surface area (Å²) in [5.74, 6) is 0.386. The van der Waals surface area contributed by atoms with Crippen molar-refractivity contribution in [3.05, 3.63) is 39.5 Å². The quantitative estimate of drug-likeness (QED) is 0.862. The average molecular weight is 266 g/mol. The van der Waals surface area contributed by atoms with Crippen molar-refractivity contribution in [2.45, 2.75) is 20.4 Å². The van der Waals surface area contributed by atoms with Crippen LogP contribution in [-0.4, -0.2) is 17.1 Å². The van der Waals surface area contributed by atoms with Crippen LogP contribution in [0, 0.1) is 12.3 Å². The lowest BCUT2D eigenvalue weighted by atomic mass is 10.3. The van der Waals surface area contributed by atoms with Gasteiger partial charge in [-0.1, -0.05) is 11.3 Å². The van der Waals surface area contributed by atoms with Gasteiger partial charge < -0.3 is 13.7 Å². The van der Waals surface area contributed by atoms with Crippen LogP contribution in [0.3, 0.4) is 0 Å². The molecule has 2 aromatic rings. The van der Waals surface area contributed by atoms with Crippen LogP contribution in [0.25, 0.3) is 0 Å². The Balaban J connectivity index is 2.32. The molecule has 2 heterocycles. The molecule has 0 bridgehead atoms. The lowest BCUT2D eigenvalue weighted by Crippen LogP contribution is -2.15. The Bertz CT molecular complexity index is 595. The van der Waals surface area contributed by atoms with Crippen LogP contribution in [0.5, 0.6) is 0 Å². The molecule has 0 spiro atoms. The summed E-state index contributed by atoms with van der Waals surface area (Å²) in [7, 11) is 0. The van der Waals surface area contributed by atoms with Crippen molar-refractivity contribution in [1.82, 2.24) is 4.57 Å². The number of aromatic nitrogens is 1. The first kappa shape index (κ1) is 12.6. The Morgan fingerprint density at radius 2 is 2.39 bits per heavy atom. The molecule has 1 N–H and O–H groups in total. The van der Waals surface area contributed by atoms with Crippen molar-refractivity contribution in [3.63, 3.8) is 0 Å². The van der Waals surface area contributed by atoms with Crippen LogP contribution in [0.2, 0.25) is 0 Å². The summed E-state index contributed by atoms with van der Waals surface area (Å²) in [6.45, 7) is 4.36. The van der Waals surface area contributed by atoms with Crippen LogP contribution in [0.15, 0.2) is 22.8 Å². The van der Waals surface area contributed by atoms with E-state index in [0.717, 1.165) is 22.8 Å². The van der Waals surface area contributed by atoms with Crippen molar-refractivity contribution in [2.75, 3.05) is 6.61 Å². The number of thiazole rings is 1. The fraction of sp³-hybridized carbons (Fsp3) is 0.333. The van der Waals surface area contributed by atoms with E-state index in [1.54, 1.807) is 23.8 Å². The fourth-order valence-corrected chi connectivity index (χ4v) is 2.54. The molecule has 0 saturated heterocycles. The van der Waals surface area contributed by atoms with Crippen LogP contribution in [0.1, 0.15) is 28.0 Å². The third-order valence-corrected chi connectivity index (χ3v) is 3.61. The third-order valence-electron chi connectivity index (χ3n) is 2.53. The molecule has 0 amide bonds. The summed E-state index contributed by atoms with van der Waals surface area (Å²) >= 11 is 1.12. The molecule has 0 aliphatic heterocycles. The normalized spacial score (nSPS) is 10.6. The van der Waals surface area contributed by atoms with Gasteiger partial charge in [0.05, 0.1) is 19.4 Å². The van der Waals surface area contributed by atoms with E-state index in [2.05, 4.69) is 0 Å². The van der Waals surface area contributed by atoms with Crippen molar-refractivity contribution < 1.29 is 13.9 Å². The van der Waals surface area contributed by atoms with Crippen LogP contribution in [-0.2, 0) is 11.3 Å². The number of hydrogen-bond acceptors (Lipinski definition) is 5. The second kappa shape index (κ2) is 5.22. The van der Waals surface area contributed by atoms with E-state index in [-0.39, 0.29) is 5.97 Å². The van der Waals surface area contributed by atoms with Crippen LogP contribution >= 0.6 is 11.3 Å². The lowest BCUT2D eigenvalue weighted by Gasteiger charge is -2.04. The van der Waals surface area contributed by atoms with Gasteiger partial charge >= 0.3 is 5.97 Å². The van der Waals surface area contributed by atoms with Gasteiger partial charge in [0.2, 0.25) is 0 Å². The molecule has 0 atom stereocenters. The van der Waals surface area contributed by atoms with Gasteiger partial charge in [-0.2, -0.15) is 0 Å². The largest absolute Gasteiger partial charge is 0.467 e. The van der Waals surface area contributed by atoms with Gasteiger partial charge in [-0.05, 0) is 26.0 Å². The zero-order chi connectivity index (χ0) is 13.1. The molecular weight excluding hydrogens is 252 g/mol. The SMILES string of the molecule is CCOC(=O)c1sc(=N)n(Cc2ccco2)c1C. The van der Waals surface area contributed by atoms with Gasteiger partial charge in [0.25, 0.3) is 0 Å². The third kappa shape index (κ3) is 2.38. The molecule has 2 aromatic heterocycles.